The summed E-state index contributed by atoms with van der Waals surface area (Å²) in [5.41, 5.74) is 0. The van der Waals surface area contributed by atoms with E-state index < -0.39 is 10.8 Å². The molecule has 0 aromatic heterocycles. The second-order valence-corrected chi connectivity index (χ2v) is 5.47. The Labute approximate surface area is 88.7 Å². The van der Waals surface area contributed by atoms with Gasteiger partial charge in [-0.25, -0.2) is 0 Å². The standard InChI is InChI=1S/C10H20O3S/c1-5-6-9(3)14(12)7-8(2)10(11)13-4/h8-9H,5-7H2,1-4H3. The van der Waals surface area contributed by atoms with Crippen molar-refractivity contribution < 1.29 is 13.7 Å². The van der Waals surface area contributed by atoms with Crippen LogP contribution in [0.3, 0.4) is 0 Å². The largest absolute Gasteiger partial charge is 0.469 e. The minimum Gasteiger partial charge on any atom is -0.469 e. The van der Waals surface area contributed by atoms with Crippen molar-refractivity contribution in [2.24, 2.45) is 5.92 Å². The Morgan fingerprint density at radius 3 is 2.43 bits per heavy atom. The molecule has 0 radical (unpaired) electrons. The Bertz CT molecular complexity index is 204. The van der Waals surface area contributed by atoms with E-state index in [0.717, 1.165) is 12.8 Å². The van der Waals surface area contributed by atoms with Crippen LogP contribution in [-0.2, 0) is 20.3 Å². The summed E-state index contributed by atoms with van der Waals surface area (Å²) in [5, 5.41) is 0.173. The molecule has 0 saturated heterocycles. The van der Waals surface area contributed by atoms with Crippen LogP contribution >= 0.6 is 0 Å². The molecule has 0 aliphatic rings. The minimum absolute atomic E-state index is 0.173. The van der Waals surface area contributed by atoms with E-state index in [9.17, 15) is 9.00 Å². The highest BCUT2D eigenvalue weighted by Gasteiger charge is 2.19. The van der Waals surface area contributed by atoms with Crippen LogP contribution in [0.5, 0.6) is 0 Å². The zero-order valence-corrected chi connectivity index (χ0v) is 10.2. The third-order valence-electron chi connectivity index (χ3n) is 2.16. The van der Waals surface area contributed by atoms with E-state index in [1.54, 1.807) is 6.92 Å². The molecule has 0 saturated carbocycles. The highest BCUT2D eigenvalue weighted by molar-refractivity contribution is 7.85. The predicted octanol–water partition coefficient (Wildman–Crippen LogP) is 1.73. The second-order valence-electron chi connectivity index (χ2n) is 3.57. The van der Waals surface area contributed by atoms with Crippen molar-refractivity contribution in [3.63, 3.8) is 0 Å². The highest BCUT2D eigenvalue weighted by atomic mass is 32.2. The lowest BCUT2D eigenvalue weighted by Crippen LogP contribution is -2.24. The third-order valence-corrected chi connectivity index (χ3v) is 4.12. The molecule has 0 spiro atoms. The molecule has 0 aromatic carbocycles. The van der Waals surface area contributed by atoms with Crippen molar-refractivity contribution in [1.82, 2.24) is 0 Å². The summed E-state index contributed by atoms with van der Waals surface area (Å²) in [5.74, 6) is -0.129. The number of methoxy groups -OCH3 is 1. The maximum atomic E-state index is 11.7. The van der Waals surface area contributed by atoms with E-state index in [2.05, 4.69) is 11.7 Å². The van der Waals surface area contributed by atoms with E-state index >= 15 is 0 Å². The van der Waals surface area contributed by atoms with Crippen molar-refractivity contribution in [2.45, 2.75) is 38.9 Å². The maximum Gasteiger partial charge on any atom is 0.309 e. The Morgan fingerprint density at radius 2 is 2.00 bits per heavy atom. The maximum absolute atomic E-state index is 11.7. The summed E-state index contributed by atoms with van der Waals surface area (Å²) in [6.45, 7) is 5.78. The fourth-order valence-corrected chi connectivity index (χ4v) is 2.67. The first-order valence-corrected chi connectivity index (χ1v) is 6.36. The molecule has 3 nitrogen and oxygen atoms in total. The zero-order chi connectivity index (χ0) is 11.1. The fraction of sp³-hybridized carbons (Fsp3) is 0.900. The van der Waals surface area contributed by atoms with Crippen LogP contribution in [-0.4, -0.2) is 28.3 Å². The summed E-state index contributed by atoms with van der Waals surface area (Å²) >= 11 is 0. The Kier molecular flexibility index (Phi) is 6.79. The molecule has 0 aromatic rings. The number of esters is 1. The van der Waals surface area contributed by atoms with Gasteiger partial charge in [0.1, 0.15) is 0 Å². The van der Waals surface area contributed by atoms with Gasteiger partial charge >= 0.3 is 5.97 Å². The van der Waals surface area contributed by atoms with Gasteiger partial charge in [-0.1, -0.05) is 27.2 Å². The molecule has 0 bridgehead atoms. The van der Waals surface area contributed by atoms with Crippen LogP contribution < -0.4 is 0 Å². The Hall–Kier alpha value is -0.380. The summed E-state index contributed by atoms with van der Waals surface area (Å²) in [6, 6.07) is 0. The van der Waals surface area contributed by atoms with Gasteiger partial charge in [-0.05, 0) is 6.42 Å². The lowest BCUT2D eigenvalue weighted by atomic mass is 10.2. The molecule has 0 fully saturated rings. The summed E-state index contributed by atoms with van der Waals surface area (Å²) in [7, 11) is 0.441. The number of rotatable bonds is 6. The van der Waals surface area contributed by atoms with Crippen LogP contribution in [0.4, 0.5) is 0 Å². The van der Waals surface area contributed by atoms with Gasteiger partial charge in [0.25, 0.3) is 0 Å². The van der Waals surface area contributed by atoms with Crippen molar-refractivity contribution in [2.75, 3.05) is 12.9 Å². The van der Waals surface area contributed by atoms with Gasteiger partial charge < -0.3 is 4.74 Å². The first-order valence-electron chi connectivity index (χ1n) is 4.97. The van der Waals surface area contributed by atoms with Gasteiger partial charge in [-0.15, -0.1) is 0 Å². The van der Waals surface area contributed by atoms with Gasteiger partial charge in [0.05, 0.1) is 13.0 Å². The normalized spacial score (nSPS) is 17.1. The molecule has 14 heavy (non-hydrogen) atoms. The molecule has 3 atom stereocenters. The van der Waals surface area contributed by atoms with Crippen molar-refractivity contribution in [3.05, 3.63) is 0 Å². The number of hydrogen-bond donors (Lipinski definition) is 0. The van der Waals surface area contributed by atoms with Gasteiger partial charge in [0, 0.05) is 21.8 Å². The smallest absolute Gasteiger partial charge is 0.309 e. The molecule has 84 valence electrons. The average Bonchev–Trinajstić information content (AvgIpc) is 2.16. The monoisotopic (exact) mass is 220 g/mol. The molecule has 0 aliphatic carbocycles. The van der Waals surface area contributed by atoms with Crippen molar-refractivity contribution >= 4 is 16.8 Å². The van der Waals surface area contributed by atoms with E-state index in [1.165, 1.54) is 7.11 Å². The molecule has 0 amide bonds. The predicted molar refractivity (Wildman–Crippen MR) is 58.6 cm³/mol. The molecular formula is C10H20O3S. The SMILES string of the molecule is CCCC(C)S(=O)CC(C)C(=O)OC. The van der Waals surface area contributed by atoms with Crippen LogP contribution in [0.25, 0.3) is 0 Å². The van der Waals surface area contributed by atoms with Crippen molar-refractivity contribution in [3.8, 4) is 0 Å². The lowest BCUT2D eigenvalue weighted by Gasteiger charge is -2.13. The topological polar surface area (TPSA) is 43.4 Å². The molecule has 4 heteroatoms. The van der Waals surface area contributed by atoms with Gasteiger partial charge in [-0.2, -0.15) is 0 Å². The lowest BCUT2D eigenvalue weighted by molar-refractivity contribution is -0.144. The summed E-state index contributed by atoms with van der Waals surface area (Å²) in [6.07, 6.45) is 1.97. The number of carbonyl (C=O) groups excluding carboxylic acids is 1. The van der Waals surface area contributed by atoms with Gasteiger partial charge in [-0.3, -0.25) is 9.00 Å². The van der Waals surface area contributed by atoms with E-state index in [-0.39, 0.29) is 17.1 Å². The van der Waals surface area contributed by atoms with Gasteiger partial charge in [0.15, 0.2) is 0 Å². The summed E-state index contributed by atoms with van der Waals surface area (Å²) < 4.78 is 16.2. The molecule has 0 heterocycles. The second kappa shape index (κ2) is 6.98. The number of ether oxygens (including phenoxy) is 1. The Balaban J connectivity index is 3.98. The number of carbonyl (C=O) groups is 1. The molecule has 0 N–H and O–H groups in total. The van der Waals surface area contributed by atoms with Crippen LogP contribution in [0, 0.1) is 5.92 Å². The third kappa shape index (κ3) is 4.74. The first kappa shape index (κ1) is 13.6. The minimum atomic E-state index is -0.918. The number of hydrogen-bond acceptors (Lipinski definition) is 3. The van der Waals surface area contributed by atoms with Crippen LogP contribution in [0.2, 0.25) is 0 Å². The average molecular weight is 220 g/mol. The molecular weight excluding hydrogens is 200 g/mol. The Morgan fingerprint density at radius 1 is 1.43 bits per heavy atom. The summed E-state index contributed by atoms with van der Waals surface area (Å²) in [4.78, 5) is 11.1. The molecule has 0 rings (SSSR count). The van der Waals surface area contributed by atoms with E-state index in [0.29, 0.717) is 5.75 Å². The van der Waals surface area contributed by atoms with Crippen molar-refractivity contribution in [1.29, 1.82) is 0 Å². The fourth-order valence-electron chi connectivity index (χ4n) is 1.22. The van der Waals surface area contributed by atoms with Gasteiger partial charge in [0.2, 0.25) is 0 Å². The van der Waals surface area contributed by atoms with Crippen LogP contribution in [0.1, 0.15) is 33.6 Å². The van der Waals surface area contributed by atoms with E-state index in [4.69, 9.17) is 0 Å². The molecule has 0 aliphatic heterocycles. The molecule has 3 unspecified atom stereocenters. The van der Waals surface area contributed by atoms with Crippen LogP contribution in [0.15, 0.2) is 0 Å². The first-order chi connectivity index (χ1) is 6.52. The van der Waals surface area contributed by atoms with E-state index in [1.807, 2.05) is 6.92 Å². The zero-order valence-electron chi connectivity index (χ0n) is 9.41. The quantitative estimate of drug-likeness (QED) is 0.640. The highest BCUT2D eigenvalue weighted by Crippen LogP contribution is 2.09.